The molecule has 0 heterocycles. The summed E-state index contributed by atoms with van der Waals surface area (Å²) < 4.78 is 27.6. The summed E-state index contributed by atoms with van der Waals surface area (Å²) in [6.07, 6.45) is 0.810. The molecule has 0 aliphatic rings. The Morgan fingerprint density at radius 1 is 1.12 bits per heavy atom. The average molecular weight is 396 g/mol. The number of benzene rings is 2. The molecule has 8 heteroatoms. The average Bonchev–Trinajstić information content (AvgIpc) is 2.60. The first-order valence-corrected chi connectivity index (χ1v) is 9.96. The largest absolute Gasteiger partial charge is 0.352 e. The van der Waals surface area contributed by atoms with Gasteiger partial charge >= 0.3 is 0 Å². The fraction of sp³-hybridized carbons (Fsp3) is 0.278. The third-order valence-corrected chi connectivity index (χ3v) is 5.29. The highest BCUT2D eigenvalue weighted by Crippen LogP contribution is 2.24. The molecule has 2 aromatic carbocycles. The number of para-hydroxylation sites is 1. The molecule has 0 unspecified atom stereocenters. The fourth-order valence-corrected chi connectivity index (χ4v) is 3.62. The van der Waals surface area contributed by atoms with Gasteiger partial charge in [0.15, 0.2) is 0 Å². The third kappa shape index (κ3) is 5.72. The number of hydrogen-bond donors (Lipinski definition) is 2. The van der Waals surface area contributed by atoms with Crippen LogP contribution >= 0.6 is 11.6 Å². The van der Waals surface area contributed by atoms with E-state index in [0.717, 1.165) is 13.0 Å². The molecule has 1 amide bonds. The van der Waals surface area contributed by atoms with Crippen LogP contribution in [0.1, 0.15) is 16.8 Å². The smallest absolute Gasteiger partial charge is 0.261 e. The molecule has 0 atom stereocenters. The number of carbonyl (C=O) groups excluding carboxylic acids is 1. The molecule has 2 rings (SSSR count). The lowest BCUT2D eigenvalue weighted by Gasteiger charge is -2.12. The van der Waals surface area contributed by atoms with Crippen molar-refractivity contribution in [2.75, 3.05) is 31.9 Å². The highest BCUT2D eigenvalue weighted by atomic mass is 35.5. The van der Waals surface area contributed by atoms with E-state index < -0.39 is 10.0 Å². The maximum atomic E-state index is 12.6. The molecule has 0 radical (unpaired) electrons. The molecule has 140 valence electrons. The number of anilines is 1. The Bertz CT molecular complexity index is 869. The van der Waals surface area contributed by atoms with Gasteiger partial charge in [0.05, 0.1) is 15.6 Å². The van der Waals surface area contributed by atoms with Crippen molar-refractivity contribution in [1.82, 2.24) is 10.2 Å². The number of sulfonamides is 1. The van der Waals surface area contributed by atoms with Gasteiger partial charge in [-0.1, -0.05) is 29.8 Å². The summed E-state index contributed by atoms with van der Waals surface area (Å²) in [5.74, 6) is -0.307. The predicted octanol–water partition coefficient (Wildman–Crippen LogP) is 2.82. The van der Waals surface area contributed by atoms with Crippen molar-refractivity contribution in [1.29, 1.82) is 0 Å². The molecule has 0 saturated heterocycles. The number of halogens is 1. The van der Waals surface area contributed by atoms with Gasteiger partial charge in [-0.3, -0.25) is 9.52 Å². The molecule has 0 aromatic heterocycles. The van der Waals surface area contributed by atoms with Gasteiger partial charge in [0, 0.05) is 12.1 Å². The van der Waals surface area contributed by atoms with Gasteiger partial charge in [-0.25, -0.2) is 8.42 Å². The van der Waals surface area contributed by atoms with Crippen LogP contribution in [0, 0.1) is 0 Å². The molecule has 26 heavy (non-hydrogen) atoms. The summed E-state index contributed by atoms with van der Waals surface area (Å²) in [7, 11) is 0.0716. The van der Waals surface area contributed by atoms with Crippen LogP contribution in [0.15, 0.2) is 53.4 Å². The number of nitrogens with one attached hydrogen (secondary N) is 2. The topological polar surface area (TPSA) is 78.5 Å². The van der Waals surface area contributed by atoms with Crippen LogP contribution in [-0.2, 0) is 10.0 Å². The normalized spacial score (nSPS) is 11.4. The number of nitrogens with zero attached hydrogens (tertiary/aromatic N) is 1. The summed E-state index contributed by atoms with van der Waals surface area (Å²) in [5, 5.41) is 3.09. The molecule has 0 aliphatic heterocycles. The summed E-state index contributed by atoms with van der Waals surface area (Å²) in [4.78, 5) is 14.2. The molecule has 2 N–H and O–H groups in total. The number of rotatable bonds is 8. The van der Waals surface area contributed by atoms with Crippen molar-refractivity contribution in [2.45, 2.75) is 11.3 Å². The minimum atomic E-state index is -3.85. The van der Waals surface area contributed by atoms with Gasteiger partial charge in [-0.2, -0.15) is 0 Å². The SMILES string of the molecule is CN(C)CCCNC(=O)c1cccc(S(=O)(=O)Nc2ccccc2Cl)c1. The second-order valence-corrected chi connectivity index (χ2v) is 8.12. The van der Waals surface area contributed by atoms with E-state index >= 15 is 0 Å². The fourth-order valence-electron chi connectivity index (χ4n) is 2.25. The van der Waals surface area contributed by atoms with Crippen molar-refractivity contribution in [3.63, 3.8) is 0 Å². The lowest BCUT2D eigenvalue weighted by Crippen LogP contribution is -2.27. The van der Waals surface area contributed by atoms with E-state index in [1.807, 2.05) is 19.0 Å². The van der Waals surface area contributed by atoms with Crippen LogP contribution in [0.5, 0.6) is 0 Å². The summed E-state index contributed by atoms with van der Waals surface area (Å²) in [6, 6.07) is 12.5. The van der Waals surface area contributed by atoms with Crippen molar-refractivity contribution in [3.05, 3.63) is 59.1 Å². The quantitative estimate of drug-likeness (QED) is 0.673. The Labute approximate surface area is 159 Å². The monoisotopic (exact) mass is 395 g/mol. The summed E-state index contributed by atoms with van der Waals surface area (Å²) >= 11 is 6.00. The second kappa shape index (κ2) is 9.02. The Balaban J connectivity index is 2.10. The van der Waals surface area contributed by atoms with E-state index in [9.17, 15) is 13.2 Å². The minimum absolute atomic E-state index is 0.00152. The van der Waals surface area contributed by atoms with Crippen LogP contribution in [0.4, 0.5) is 5.69 Å². The van der Waals surface area contributed by atoms with E-state index in [2.05, 4.69) is 10.0 Å². The van der Waals surface area contributed by atoms with Crippen molar-refractivity contribution in [2.24, 2.45) is 0 Å². The van der Waals surface area contributed by atoms with Gasteiger partial charge in [0.1, 0.15) is 0 Å². The first kappa shape index (κ1) is 20.2. The Morgan fingerprint density at radius 2 is 1.85 bits per heavy atom. The first-order chi connectivity index (χ1) is 12.3. The lowest BCUT2D eigenvalue weighted by molar-refractivity contribution is 0.0952. The van der Waals surface area contributed by atoms with E-state index in [0.29, 0.717) is 11.6 Å². The van der Waals surface area contributed by atoms with Gasteiger partial charge < -0.3 is 10.2 Å². The molecule has 0 bridgehead atoms. The zero-order valence-corrected chi connectivity index (χ0v) is 16.3. The highest BCUT2D eigenvalue weighted by Gasteiger charge is 2.17. The first-order valence-electron chi connectivity index (χ1n) is 8.10. The van der Waals surface area contributed by atoms with Crippen LogP contribution in [0.25, 0.3) is 0 Å². The molecular weight excluding hydrogens is 374 g/mol. The summed E-state index contributed by atoms with van der Waals surface area (Å²) in [6.45, 7) is 1.38. The van der Waals surface area contributed by atoms with Crippen LogP contribution in [0.3, 0.4) is 0 Å². The molecule has 0 saturated carbocycles. The molecule has 0 spiro atoms. The molecule has 2 aromatic rings. The van der Waals surface area contributed by atoms with E-state index in [1.54, 1.807) is 30.3 Å². The summed E-state index contributed by atoms with van der Waals surface area (Å²) in [5.41, 5.74) is 0.574. The van der Waals surface area contributed by atoms with Gasteiger partial charge in [0.2, 0.25) is 0 Å². The van der Waals surface area contributed by atoms with Crippen molar-refractivity contribution < 1.29 is 13.2 Å². The highest BCUT2D eigenvalue weighted by molar-refractivity contribution is 7.92. The number of hydrogen-bond acceptors (Lipinski definition) is 4. The molecular formula is C18H22ClN3O3S. The van der Waals surface area contributed by atoms with Gasteiger partial charge in [-0.05, 0) is 57.4 Å². The van der Waals surface area contributed by atoms with Crippen LogP contribution in [0.2, 0.25) is 5.02 Å². The number of amides is 1. The Morgan fingerprint density at radius 3 is 2.54 bits per heavy atom. The molecule has 0 fully saturated rings. The predicted molar refractivity (Wildman–Crippen MR) is 104 cm³/mol. The minimum Gasteiger partial charge on any atom is -0.352 e. The third-order valence-electron chi connectivity index (χ3n) is 3.59. The maximum absolute atomic E-state index is 12.6. The van der Waals surface area contributed by atoms with Crippen LogP contribution < -0.4 is 10.0 Å². The number of carbonyl (C=O) groups is 1. The van der Waals surface area contributed by atoms with Crippen molar-refractivity contribution >= 4 is 33.2 Å². The van der Waals surface area contributed by atoms with Gasteiger partial charge in [-0.15, -0.1) is 0 Å². The lowest BCUT2D eigenvalue weighted by atomic mass is 10.2. The maximum Gasteiger partial charge on any atom is 0.261 e. The van der Waals surface area contributed by atoms with Crippen molar-refractivity contribution in [3.8, 4) is 0 Å². The standard InChI is InChI=1S/C18H22ClN3O3S/c1-22(2)12-6-11-20-18(23)14-7-5-8-15(13-14)26(24,25)21-17-10-4-3-9-16(17)19/h3-5,7-10,13,21H,6,11-12H2,1-2H3,(H,20,23). The molecule has 0 aliphatic carbocycles. The Hall–Kier alpha value is -2.09. The van der Waals surface area contributed by atoms with E-state index in [1.165, 1.54) is 18.2 Å². The van der Waals surface area contributed by atoms with E-state index in [4.69, 9.17) is 11.6 Å². The second-order valence-electron chi connectivity index (χ2n) is 6.03. The molecule has 6 nitrogen and oxygen atoms in total. The Kier molecular flexibility index (Phi) is 7.02. The van der Waals surface area contributed by atoms with E-state index in [-0.39, 0.29) is 22.1 Å². The van der Waals surface area contributed by atoms with Gasteiger partial charge in [0.25, 0.3) is 15.9 Å². The zero-order chi connectivity index (χ0) is 19.2. The van der Waals surface area contributed by atoms with Crippen LogP contribution in [-0.4, -0.2) is 46.4 Å². The zero-order valence-electron chi connectivity index (χ0n) is 14.7.